The normalized spacial score (nSPS) is 25.9. The van der Waals surface area contributed by atoms with Crippen molar-refractivity contribution in [2.24, 2.45) is 17.4 Å². The van der Waals surface area contributed by atoms with Crippen LogP contribution >= 0.6 is 0 Å². The van der Waals surface area contributed by atoms with E-state index in [2.05, 4.69) is 5.32 Å². The summed E-state index contributed by atoms with van der Waals surface area (Å²) in [5.41, 5.74) is 9.88. The van der Waals surface area contributed by atoms with Crippen LogP contribution in [0.2, 0.25) is 0 Å². The molecule has 2 aliphatic rings. The minimum Gasteiger partial charge on any atom is -0.397 e. The third kappa shape index (κ3) is 5.77. The Morgan fingerprint density at radius 2 is 1.80 bits per heavy atom. The second-order valence-electron chi connectivity index (χ2n) is 8.28. The van der Waals surface area contributed by atoms with Crippen molar-refractivity contribution in [3.8, 4) is 0 Å². The summed E-state index contributed by atoms with van der Waals surface area (Å²) in [4.78, 5) is 52.6. The molecule has 2 saturated heterocycles. The Morgan fingerprint density at radius 1 is 1.13 bits per heavy atom. The number of aliphatic hydroxyl groups excluding tert-OH is 2. The molecule has 2 heterocycles. The van der Waals surface area contributed by atoms with Crippen LogP contribution in [0.5, 0.6) is 0 Å². The predicted octanol–water partition coefficient (Wildman–Crippen LogP) is -4.03. The fraction of sp³-hybridized carbons (Fsp3) is 0.778. The highest BCUT2D eigenvalue weighted by Gasteiger charge is 2.41. The van der Waals surface area contributed by atoms with E-state index >= 15 is 0 Å². The van der Waals surface area contributed by atoms with E-state index in [1.807, 2.05) is 0 Å². The molecular weight excluding hydrogens is 410 g/mol. The van der Waals surface area contributed by atoms with Crippen LogP contribution in [0.15, 0.2) is 0 Å². The fourth-order valence-corrected chi connectivity index (χ4v) is 5.28. The number of amides is 4. The Hall–Kier alpha value is -2.02. The predicted molar refractivity (Wildman–Crippen MR) is 110 cm³/mol. The molecule has 2 rings (SSSR count). The lowest BCUT2D eigenvalue weighted by molar-refractivity contribution is -0.142. The van der Waals surface area contributed by atoms with Gasteiger partial charge in [0.05, 0.1) is 27.2 Å². The van der Waals surface area contributed by atoms with E-state index in [1.165, 1.54) is 11.8 Å². The minimum atomic E-state index is -1.23. The Bertz CT molecular complexity index is 675. The minimum absolute atomic E-state index is 0.211. The number of hydrogen-bond acceptors (Lipinski definition) is 7. The monoisotopic (exact) mass is 443 g/mol. The average molecular weight is 444 g/mol. The molecule has 0 aromatic heterocycles. The van der Waals surface area contributed by atoms with Gasteiger partial charge in [0.15, 0.2) is 0 Å². The molecule has 4 amide bonds. The van der Waals surface area contributed by atoms with Gasteiger partial charge in [-0.1, -0.05) is 0 Å². The van der Waals surface area contributed by atoms with Crippen LogP contribution in [-0.2, 0) is 19.2 Å². The van der Waals surface area contributed by atoms with Crippen molar-refractivity contribution >= 4 is 33.1 Å². The van der Waals surface area contributed by atoms with E-state index < -0.39 is 56.8 Å². The Kier molecular flexibility index (Phi) is 8.35. The van der Waals surface area contributed by atoms with Crippen LogP contribution in [0.3, 0.4) is 0 Å². The van der Waals surface area contributed by atoms with Gasteiger partial charge in [0.2, 0.25) is 23.6 Å². The molecule has 2 fully saturated rings. The van der Waals surface area contributed by atoms with Crippen molar-refractivity contribution in [3.63, 3.8) is 0 Å². The maximum atomic E-state index is 13.0. The highest BCUT2D eigenvalue weighted by atomic mass is 28.2. The lowest BCUT2D eigenvalue weighted by Gasteiger charge is -2.28. The third-order valence-corrected chi connectivity index (χ3v) is 7.23. The molecule has 0 bridgehead atoms. The van der Waals surface area contributed by atoms with Gasteiger partial charge in [0.1, 0.15) is 12.1 Å². The molecular formula is C18H33N5O6Si. The van der Waals surface area contributed by atoms with Crippen molar-refractivity contribution in [2.75, 3.05) is 19.6 Å². The molecule has 2 aliphatic heterocycles. The van der Waals surface area contributed by atoms with Crippen LogP contribution in [0.25, 0.3) is 0 Å². The number of hydrogen-bond donors (Lipinski definition) is 5. The van der Waals surface area contributed by atoms with Gasteiger partial charge in [-0.25, -0.2) is 0 Å². The number of primary amides is 1. The summed E-state index contributed by atoms with van der Waals surface area (Å²) in [7, 11) is -1.17. The van der Waals surface area contributed by atoms with Gasteiger partial charge in [-0.3, -0.25) is 19.2 Å². The number of carbonyl (C=O) groups excluding carboxylic acids is 4. The summed E-state index contributed by atoms with van der Waals surface area (Å²) in [6, 6.07) is -1.97. The number of nitrogens with two attached hydrogens (primary N) is 2. The lowest BCUT2D eigenvalue weighted by atomic mass is 10.1. The highest BCUT2D eigenvalue weighted by Crippen LogP contribution is 2.25. The van der Waals surface area contributed by atoms with Gasteiger partial charge in [-0.05, 0) is 33.1 Å². The molecule has 0 spiro atoms. The summed E-state index contributed by atoms with van der Waals surface area (Å²) in [5.74, 6) is -2.25. The molecule has 170 valence electrons. The molecule has 0 aromatic carbocycles. The third-order valence-electron chi connectivity index (χ3n) is 5.69. The van der Waals surface area contributed by atoms with Gasteiger partial charge in [0, 0.05) is 25.4 Å². The summed E-state index contributed by atoms with van der Waals surface area (Å²) >= 11 is 0. The van der Waals surface area contributed by atoms with Gasteiger partial charge >= 0.3 is 0 Å². The van der Waals surface area contributed by atoms with Crippen molar-refractivity contribution in [1.29, 1.82) is 0 Å². The molecule has 0 saturated carbocycles. The fourth-order valence-electron chi connectivity index (χ4n) is 4.08. The summed E-state index contributed by atoms with van der Waals surface area (Å²) in [6.07, 6.45) is 0.416. The van der Waals surface area contributed by atoms with Gasteiger partial charge in [0.25, 0.3) is 0 Å². The zero-order valence-electron chi connectivity index (χ0n) is 17.5. The van der Waals surface area contributed by atoms with Crippen molar-refractivity contribution in [2.45, 2.75) is 62.7 Å². The number of aliphatic hydroxyl groups is 2. The standard InChI is InChI=1S/C18H33N5O6Si/c1-9(24)13(14(19)26)21-16(27)12-4-3-6-23(12)17(28)11-5-7-22(8-11)18(29)15(20)30-10(2)25/h9-13,15,24-25H,3-8,20,30H2,1-2H3,(H2,19,26)(H,21,27)/t9-,10+,11-,12+,13+,15+/m1/s1. The van der Waals surface area contributed by atoms with Gasteiger partial charge in [-0.15, -0.1) is 0 Å². The highest BCUT2D eigenvalue weighted by molar-refractivity contribution is 6.45. The first kappa shape index (κ1) is 24.2. The molecule has 0 aliphatic carbocycles. The first-order valence-corrected chi connectivity index (χ1v) is 12.0. The zero-order valence-corrected chi connectivity index (χ0v) is 18.9. The van der Waals surface area contributed by atoms with Crippen molar-refractivity contribution in [3.05, 3.63) is 0 Å². The molecule has 6 atom stereocenters. The topological polar surface area (TPSA) is 179 Å². The van der Waals surface area contributed by atoms with Crippen LogP contribution in [0.4, 0.5) is 0 Å². The quantitative estimate of drug-likeness (QED) is 0.237. The van der Waals surface area contributed by atoms with Gasteiger partial charge in [-0.2, -0.15) is 0 Å². The molecule has 12 heteroatoms. The second-order valence-corrected chi connectivity index (χ2v) is 10.8. The molecule has 0 unspecified atom stereocenters. The summed E-state index contributed by atoms with van der Waals surface area (Å²) < 4.78 is 0. The van der Waals surface area contributed by atoms with E-state index in [0.29, 0.717) is 32.4 Å². The molecule has 0 aromatic rings. The molecule has 11 nitrogen and oxygen atoms in total. The number of rotatable bonds is 8. The van der Waals surface area contributed by atoms with Crippen LogP contribution in [0, 0.1) is 5.92 Å². The van der Waals surface area contributed by atoms with E-state index in [9.17, 15) is 29.4 Å². The Labute approximate surface area is 177 Å². The Balaban J connectivity index is 1.98. The van der Waals surface area contributed by atoms with Crippen LogP contribution < -0.4 is 16.8 Å². The zero-order chi connectivity index (χ0) is 22.6. The number of likely N-dealkylation sites (tertiary alicyclic amines) is 2. The number of nitrogens with zero attached hydrogens (tertiary/aromatic N) is 2. The molecule has 0 radical (unpaired) electrons. The van der Waals surface area contributed by atoms with Gasteiger partial charge < -0.3 is 36.8 Å². The van der Waals surface area contributed by atoms with Crippen molar-refractivity contribution in [1.82, 2.24) is 15.1 Å². The van der Waals surface area contributed by atoms with Crippen LogP contribution in [0.1, 0.15) is 33.1 Å². The van der Waals surface area contributed by atoms with E-state index in [0.717, 1.165) is 0 Å². The SMILES string of the molecule is C[C@@H](O)[SiH2][C@H](N)C(=O)N1CC[C@@H](C(=O)N2CCC[C@H]2C(=O)N[C@H](C(N)=O)[C@@H](C)O)C1. The smallest absolute Gasteiger partial charge is 0.243 e. The lowest BCUT2D eigenvalue weighted by Crippen LogP contribution is -2.56. The summed E-state index contributed by atoms with van der Waals surface area (Å²) in [5, 5.41) is 21.6. The largest absolute Gasteiger partial charge is 0.397 e. The first-order chi connectivity index (χ1) is 14.0. The molecule has 7 N–H and O–H groups in total. The Morgan fingerprint density at radius 3 is 2.37 bits per heavy atom. The maximum absolute atomic E-state index is 13.0. The average Bonchev–Trinajstić information content (AvgIpc) is 3.33. The van der Waals surface area contributed by atoms with Crippen molar-refractivity contribution < 1.29 is 29.4 Å². The summed E-state index contributed by atoms with van der Waals surface area (Å²) in [6.45, 7) is 4.03. The van der Waals surface area contributed by atoms with E-state index in [4.69, 9.17) is 11.5 Å². The van der Waals surface area contributed by atoms with Crippen LogP contribution in [-0.4, -0.2) is 102 Å². The molecule has 30 heavy (non-hydrogen) atoms. The maximum Gasteiger partial charge on any atom is 0.243 e. The van der Waals surface area contributed by atoms with E-state index in [1.54, 1.807) is 11.8 Å². The number of carbonyl (C=O) groups is 4. The van der Waals surface area contributed by atoms with E-state index in [-0.39, 0.29) is 18.4 Å². The first-order valence-electron chi connectivity index (χ1n) is 10.3. The second kappa shape index (κ2) is 10.3. The number of nitrogens with one attached hydrogen (secondary N) is 1.